The maximum atomic E-state index is 11.8. The summed E-state index contributed by atoms with van der Waals surface area (Å²) in [4.78, 5) is 24.6. The zero-order chi connectivity index (χ0) is 13.8. The van der Waals surface area contributed by atoms with E-state index >= 15 is 0 Å². The number of hydrogen-bond acceptors (Lipinski definition) is 4. The van der Waals surface area contributed by atoms with E-state index in [0.29, 0.717) is 26.4 Å². The number of esters is 1. The summed E-state index contributed by atoms with van der Waals surface area (Å²) in [6.07, 6.45) is 2.78. The normalized spacial score (nSPS) is 9.89. The maximum Gasteiger partial charge on any atom is 0.325 e. The van der Waals surface area contributed by atoms with Crippen molar-refractivity contribution in [3.05, 3.63) is 12.7 Å². The molecule has 0 aliphatic heterocycles. The average Bonchev–Trinajstić information content (AvgIpc) is 2.34. The van der Waals surface area contributed by atoms with Crippen molar-refractivity contribution in [1.82, 2.24) is 4.90 Å². The monoisotopic (exact) mass is 257 g/mol. The molecule has 0 aromatic carbocycles. The molecule has 0 unspecified atom stereocenters. The molecule has 0 aromatic heterocycles. The van der Waals surface area contributed by atoms with Crippen molar-refractivity contribution in [1.29, 1.82) is 0 Å². The molecule has 18 heavy (non-hydrogen) atoms. The summed E-state index contributed by atoms with van der Waals surface area (Å²) in [5, 5.41) is 0. The van der Waals surface area contributed by atoms with Crippen molar-refractivity contribution in [3.63, 3.8) is 0 Å². The quantitative estimate of drug-likeness (QED) is 0.337. The molecule has 0 bridgehead atoms. The molecule has 0 aromatic rings. The fourth-order valence-electron chi connectivity index (χ4n) is 1.34. The van der Waals surface area contributed by atoms with Crippen molar-refractivity contribution >= 4 is 11.9 Å². The Morgan fingerprint density at radius 1 is 1.28 bits per heavy atom. The number of carbonyl (C=O) groups excluding carboxylic acids is 2. The summed E-state index contributed by atoms with van der Waals surface area (Å²) >= 11 is 0. The summed E-state index contributed by atoms with van der Waals surface area (Å²) in [7, 11) is 0. The molecule has 0 rings (SSSR count). The predicted octanol–water partition coefficient (Wildman–Crippen LogP) is 1.38. The smallest absolute Gasteiger partial charge is 0.325 e. The first kappa shape index (κ1) is 16.6. The molecule has 5 nitrogen and oxygen atoms in total. The highest BCUT2D eigenvalue weighted by molar-refractivity contribution is 5.82. The fraction of sp³-hybridized carbons (Fsp3) is 0.692. The minimum atomic E-state index is -0.401. The molecule has 0 heterocycles. The van der Waals surface area contributed by atoms with Crippen molar-refractivity contribution in [2.75, 3.05) is 32.9 Å². The van der Waals surface area contributed by atoms with Gasteiger partial charge in [-0.1, -0.05) is 13.0 Å². The first-order chi connectivity index (χ1) is 8.65. The van der Waals surface area contributed by atoms with Crippen LogP contribution in [0.15, 0.2) is 12.7 Å². The summed E-state index contributed by atoms with van der Waals surface area (Å²) in [5.41, 5.74) is 0. The SMILES string of the molecule is C=CCN(CC(=O)OCC)C(=O)CCOCCC. The Kier molecular flexibility index (Phi) is 9.96. The van der Waals surface area contributed by atoms with Gasteiger partial charge < -0.3 is 14.4 Å². The highest BCUT2D eigenvalue weighted by atomic mass is 16.5. The first-order valence-corrected chi connectivity index (χ1v) is 6.27. The van der Waals surface area contributed by atoms with Crippen LogP contribution in [0, 0.1) is 0 Å². The topological polar surface area (TPSA) is 55.8 Å². The standard InChI is InChI=1S/C13H23NO4/c1-4-8-14(11-13(16)18-6-3)12(15)7-10-17-9-5-2/h4H,1,5-11H2,2-3H3. The summed E-state index contributed by atoms with van der Waals surface area (Å²) < 4.78 is 10.1. The van der Waals surface area contributed by atoms with Gasteiger partial charge in [-0.2, -0.15) is 0 Å². The number of hydrogen-bond donors (Lipinski definition) is 0. The zero-order valence-electron chi connectivity index (χ0n) is 11.3. The fourth-order valence-corrected chi connectivity index (χ4v) is 1.34. The lowest BCUT2D eigenvalue weighted by molar-refractivity contribution is -0.148. The van der Waals surface area contributed by atoms with Crippen molar-refractivity contribution in [2.45, 2.75) is 26.7 Å². The van der Waals surface area contributed by atoms with Crippen LogP contribution in [-0.2, 0) is 19.1 Å². The van der Waals surface area contributed by atoms with Gasteiger partial charge in [0.15, 0.2) is 0 Å². The number of ether oxygens (including phenoxy) is 2. The molecule has 1 amide bonds. The van der Waals surface area contributed by atoms with Crippen molar-refractivity contribution in [3.8, 4) is 0 Å². The van der Waals surface area contributed by atoms with E-state index in [2.05, 4.69) is 6.58 Å². The molecule has 0 radical (unpaired) electrons. The van der Waals surface area contributed by atoms with E-state index in [4.69, 9.17) is 9.47 Å². The minimum Gasteiger partial charge on any atom is -0.465 e. The van der Waals surface area contributed by atoms with Gasteiger partial charge in [0.25, 0.3) is 0 Å². The Balaban J connectivity index is 4.09. The molecule has 0 saturated carbocycles. The van der Waals surface area contributed by atoms with Gasteiger partial charge in [-0.25, -0.2) is 0 Å². The molecular formula is C13H23NO4. The van der Waals surface area contributed by atoms with Crippen molar-refractivity contribution in [2.24, 2.45) is 0 Å². The number of nitrogens with zero attached hydrogens (tertiary/aromatic N) is 1. The Bertz CT molecular complexity index is 266. The van der Waals surface area contributed by atoms with Gasteiger partial charge in [-0.3, -0.25) is 9.59 Å². The molecule has 0 saturated heterocycles. The van der Waals surface area contributed by atoms with Crippen molar-refractivity contribution < 1.29 is 19.1 Å². The van der Waals surface area contributed by atoms with Gasteiger partial charge in [0, 0.05) is 13.2 Å². The second-order valence-corrected chi connectivity index (χ2v) is 3.73. The molecule has 0 fully saturated rings. The lowest BCUT2D eigenvalue weighted by Crippen LogP contribution is -2.37. The third kappa shape index (κ3) is 7.84. The first-order valence-electron chi connectivity index (χ1n) is 6.27. The van der Waals surface area contributed by atoms with Crippen LogP contribution in [0.1, 0.15) is 26.7 Å². The third-order valence-electron chi connectivity index (χ3n) is 2.14. The van der Waals surface area contributed by atoms with Gasteiger partial charge >= 0.3 is 5.97 Å². The van der Waals surface area contributed by atoms with Gasteiger partial charge in [-0.15, -0.1) is 6.58 Å². The Morgan fingerprint density at radius 3 is 2.56 bits per heavy atom. The second kappa shape index (κ2) is 10.8. The Hall–Kier alpha value is -1.36. The molecule has 104 valence electrons. The van der Waals surface area contributed by atoms with Crippen LogP contribution in [0.2, 0.25) is 0 Å². The van der Waals surface area contributed by atoms with E-state index in [1.807, 2.05) is 6.92 Å². The van der Waals surface area contributed by atoms with Crippen LogP contribution in [0.25, 0.3) is 0 Å². The minimum absolute atomic E-state index is 0.0352. The van der Waals surface area contributed by atoms with E-state index in [1.165, 1.54) is 4.90 Å². The van der Waals surface area contributed by atoms with E-state index in [9.17, 15) is 9.59 Å². The third-order valence-corrected chi connectivity index (χ3v) is 2.14. The van der Waals surface area contributed by atoms with Gasteiger partial charge in [0.2, 0.25) is 5.91 Å². The van der Waals surface area contributed by atoms with Crippen LogP contribution in [0.4, 0.5) is 0 Å². The van der Waals surface area contributed by atoms with Crippen LogP contribution >= 0.6 is 0 Å². The molecule has 5 heteroatoms. The van der Waals surface area contributed by atoms with Crippen LogP contribution < -0.4 is 0 Å². The molecular weight excluding hydrogens is 234 g/mol. The Morgan fingerprint density at radius 2 is 2.00 bits per heavy atom. The van der Waals surface area contributed by atoms with Crippen LogP contribution in [0.3, 0.4) is 0 Å². The molecule has 0 aliphatic carbocycles. The predicted molar refractivity (Wildman–Crippen MR) is 69.1 cm³/mol. The number of rotatable bonds is 10. The van der Waals surface area contributed by atoms with Gasteiger partial charge in [0.05, 0.1) is 19.6 Å². The molecule has 0 spiro atoms. The molecule has 0 atom stereocenters. The summed E-state index contributed by atoms with van der Waals surface area (Å²) in [6, 6.07) is 0. The highest BCUT2D eigenvalue weighted by Crippen LogP contribution is 1.97. The van der Waals surface area contributed by atoms with Gasteiger partial charge in [0.1, 0.15) is 6.54 Å². The van der Waals surface area contributed by atoms with Crippen LogP contribution in [-0.4, -0.2) is 49.7 Å². The molecule has 0 N–H and O–H groups in total. The number of amides is 1. The maximum absolute atomic E-state index is 11.8. The number of carbonyl (C=O) groups is 2. The van der Waals surface area contributed by atoms with Crippen LogP contribution in [0.5, 0.6) is 0 Å². The van der Waals surface area contributed by atoms with E-state index < -0.39 is 5.97 Å². The lowest BCUT2D eigenvalue weighted by atomic mass is 10.3. The molecule has 0 aliphatic rings. The van der Waals surface area contributed by atoms with E-state index in [1.54, 1.807) is 13.0 Å². The summed E-state index contributed by atoms with van der Waals surface area (Å²) in [6.45, 7) is 8.95. The highest BCUT2D eigenvalue weighted by Gasteiger charge is 2.16. The zero-order valence-corrected chi connectivity index (χ0v) is 11.3. The van der Waals surface area contributed by atoms with E-state index in [0.717, 1.165) is 6.42 Å². The Labute approximate surface area is 109 Å². The van der Waals surface area contributed by atoms with Gasteiger partial charge in [-0.05, 0) is 13.3 Å². The average molecular weight is 257 g/mol. The van der Waals surface area contributed by atoms with E-state index in [-0.39, 0.29) is 18.9 Å². The second-order valence-electron chi connectivity index (χ2n) is 3.73. The summed E-state index contributed by atoms with van der Waals surface area (Å²) in [5.74, 6) is -0.527. The lowest BCUT2D eigenvalue weighted by Gasteiger charge is -2.19. The largest absolute Gasteiger partial charge is 0.465 e.